The van der Waals surface area contributed by atoms with Crippen LogP contribution in [0.3, 0.4) is 0 Å². The maximum Gasteiger partial charge on any atom is 0.326 e. The largest absolute Gasteiger partial charge is 0.480 e. The van der Waals surface area contributed by atoms with Gasteiger partial charge in [-0.1, -0.05) is 13.8 Å². The van der Waals surface area contributed by atoms with E-state index in [1.54, 1.807) is 0 Å². The first kappa shape index (κ1) is 30.2. The predicted octanol–water partition coefficient (Wildman–Crippen LogP) is -2.71. The molecular formula is C20H38N6O7. The molecule has 0 bridgehead atoms. The van der Waals surface area contributed by atoms with Crippen LogP contribution in [-0.2, 0) is 24.0 Å². The van der Waals surface area contributed by atoms with E-state index in [2.05, 4.69) is 16.0 Å². The average molecular weight is 475 g/mol. The summed E-state index contributed by atoms with van der Waals surface area (Å²) in [6, 6.07) is -4.77. The number of carbonyl (C=O) groups is 5. The second kappa shape index (κ2) is 15.9. The van der Waals surface area contributed by atoms with Crippen molar-refractivity contribution in [1.82, 2.24) is 16.0 Å². The summed E-state index contributed by atoms with van der Waals surface area (Å²) in [5.41, 5.74) is 16.1. The van der Waals surface area contributed by atoms with Crippen molar-refractivity contribution in [1.29, 1.82) is 0 Å². The molecular weight excluding hydrogens is 436 g/mol. The smallest absolute Gasteiger partial charge is 0.326 e. The fourth-order valence-electron chi connectivity index (χ4n) is 2.90. The monoisotopic (exact) mass is 474 g/mol. The molecule has 0 spiro atoms. The number of amides is 4. The minimum absolute atomic E-state index is 0.0362. The van der Waals surface area contributed by atoms with Crippen LogP contribution < -0.4 is 33.2 Å². The number of carbonyl (C=O) groups excluding carboxylic acids is 4. The Morgan fingerprint density at radius 3 is 1.88 bits per heavy atom. The molecule has 0 saturated carbocycles. The van der Waals surface area contributed by atoms with Crippen LogP contribution >= 0.6 is 0 Å². The lowest BCUT2D eigenvalue weighted by Crippen LogP contribution is -2.58. The lowest BCUT2D eigenvalue weighted by Gasteiger charge is -2.25. The number of nitrogens with two attached hydrogens (primary N) is 3. The van der Waals surface area contributed by atoms with Crippen molar-refractivity contribution in [2.24, 2.45) is 23.1 Å². The predicted molar refractivity (Wildman–Crippen MR) is 119 cm³/mol. The van der Waals surface area contributed by atoms with E-state index in [-0.39, 0.29) is 31.6 Å². The van der Waals surface area contributed by atoms with E-state index in [1.165, 1.54) is 0 Å². The van der Waals surface area contributed by atoms with Crippen molar-refractivity contribution in [3.05, 3.63) is 0 Å². The minimum Gasteiger partial charge on any atom is -0.480 e. The molecule has 13 heteroatoms. The van der Waals surface area contributed by atoms with Gasteiger partial charge in [0, 0.05) is 6.42 Å². The van der Waals surface area contributed by atoms with Gasteiger partial charge in [0.15, 0.2) is 0 Å². The molecule has 0 saturated heterocycles. The van der Waals surface area contributed by atoms with Gasteiger partial charge in [-0.2, -0.15) is 0 Å². The van der Waals surface area contributed by atoms with Crippen molar-refractivity contribution in [2.45, 2.75) is 76.5 Å². The van der Waals surface area contributed by atoms with Crippen molar-refractivity contribution in [3.63, 3.8) is 0 Å². The van der Waals surface area contributed by atoms with Crippen LogP contribution in [0.15, 0.2) is 0 Å². The second-order valence-corrected chi connectivity index (χ2v) is 8.23. The molecule has 0 aliphatic carbocycles. The molecule has 4 atom stereocenters. The molecule has 190 valence electrons. The third-order valence-corrected chi connectivity index (χ3v) is 4.76. The first-order valence-corrected chi connectivity index (χ1v) is 10.9. The highest BCUT2D eigenvalue weighted by Gasteiger charge is 2.30. The fourth-order valence-corrected chi connectivity index (χ4v) is 2.90. The first-order valence-electron chi connectivity index (χ1n) is 10.9. The third kappa shape index (κ3) is 12.7. The number of unbranched alkanes of at least 4 members (excludes halogenated alkanes) is 1. The molecule has 0 radical (unpaired) electrons. The Morgan fingerprint density at radius 2 is 1.39 bits per heavy atom. The Kier molecular flexibility index (Phi) is 14.6. The van der Waals surface area contributed by atoms with E-state index < -0.39 is 60.4 Å². The van der Waals surface area contributed by atoms with Gasteiger partial charge >= 0.3 is 5.97 Å². The molecule has 0 aromatic carbocycles. The number of carboxylic acids is 1. The topological polar surface area (TPSA) is 240 Å². The number of hydrogen-bond donors (Lipinski definition) is 8. The summed E-state index contributed by atoms with van der Waals surface area (Å²) in [5, 5.41) is 26.0. The highest BCUT2D eigenvalue weighted by atomic mass is 16.4. The standard InChI is InChI=1S/C20H38N6O7/c1-11(2)9-14(18(30)24-13(20(32)33)5-3-4-8-21)25-19(31)15(10-27)26-17(29)12(22)6-7-16(23)28/h11-15,27H,3-10,21-22H2,1-2H3,(H2,23,28)(H,24,30)(H,25,31)(H,26,29)(H,32,33). The summed E-state index contributed by atoms with van der Waals surface area (Å²) in [6.07, 6.45) is 1.31. The molecule has 0 aromatic heterocycles. The van der Waals surface area contributed by atoms with E-state index in [0.29, 0.717) is 19.4 Å². The Bertz CT molecular complexity index is 673. The highest BCUT2D eigenvalue weighted by molar-refractivity contribution is 5.94. The van der Waals surface area contributed by atoms with Gasteiger partial charge in [0.1, 0.15) is 18.1 Å². The quantitative estimate of drug-likeness (QED) is 0.102. The first-order chi connectivity index (χ1) is 15.4. The normalized spacial score (nSPS) is 14.6. The van der Waals surface area contributed by atoms with Crippen LogP contribution in [0.2, 0.25) is 0 Å². The van der Waals surface area contributed by atoms with Crippen molar-refractivity contribution in [3.8, 4) is 0 Å². The van der Waals surface area contributed by atoms with E-state index in [1.807, 2.05) is 13.8 Å². The number of rotatable bonds is 17. The van der Waals surface area contributed by atoms with Gasteiger partial charge < -0.3 is 43.4 Å². The molecule has 11 N–H and O–H groups in total. The van der Waals surface area contributed by atoms with E-state index in [4.69, 9.17) is 17.2 Å². The summed E-state index contributed by atoms with van der Waals surface area (Å²) in [7, 11) is 0. The molecule has 4 unspecified atom stereocenters. The zero-order valence-corrected chi connectivity index (χ0v) is 19.2. The van der Waals surface area contributed by atoms with Gasteiger partial charge in [-0.15, -0.1) is 0 Å². The second-order valence-electron chi connectivity index (χ2n) is 8.23. The van der Waals surface area contributed by atoms with Gasteiger partial charge in [-0.25, -0.2) is 4.79 Å². The summed E-state index contributed by atoms with van der Waals surface area (Å²) >= 11 is 0. The SMILES string of the molecule is CC(C)CC(NC(=O)C(CO)NC(=O)C(N)CCC(N)=O)C(=O)NC(CCCCN)C(=O)O. The molecule has 0 fully saturated rings. The highest BCUT2D eigenvalue weighted by Crippen LogP contribution is 2.08. The zero-order valence-electron chi connectivity index (χ0n) is 19.2. The average Bonchev–Trinajstić information content (AvgIpc) is 2.73. The molecule has 0 aliphatic heterocycles. The number of primary amides is 1. The Balaban J connectivity index is 5.19. The van der Waals surface area contributed by atoms with Crippen molar-refractivity contribution >= 4 is 29.6 Å². The molecule has 0 aliphatic rings. The number of carboxylic acid groups (broad SMARTS) is 1. The molecule has 0 aromatic rings. The number of aliphatic carboxylic acids is 1. The van der Waals surface area contributed by atoms with Gasteiger partial charge in [0.25, 0.3) is 0 Å². The van der Waals surface area contributed by atoms with E-state index in [9.17, 15) is 34.2 Å². The molecule has 33 heavy (non-hydrogen) atoms. The van der Waals surface area contributed by atoms with Crippen LogP contribution in [0.1, 0.15) is 52.4 Å². The number of aliphatic hydroxyl groups excluding tert-OH is 1. The lowest BCUT2D eigenvalue weighted by atomic mass is 10.0. The maximum atomic E-state index is 12.7. The maximum absolute atomic E-state index is 12.7. The van der Waals surface area contributed by atoms with Gasteiger partial charge in [0.05, 0.1) is 12.6 Å². The van der Waals surface area contributed by atoms with Crippen LogP contribution in [0, 0.1) is 5.92 Å². The Morgan fingerprint density at radius 1 is 0.848 bits per heavy atom. The Hall–Kier alpha value is -2.77. The van der Waals surface area contributed by atoms with Crippen LogP contribution in [-0.4, -0.2) is 77.1 Å². The fraction of sp³-hybridized carbons (Fsp3) is 0.750. The number of hydrogen-bond acceptors (Lipinski definition) is 8. The van der Waals surface area contributed by atoms with Crippen LogP contribution in [0.25, 0.3) is 0 Å². The molecule has 13 nitrogen and oxygen atoms in total. The molecule has 0 rings (SSSR count). The summed E-state index contributed by atoms with van der Waals surface area (Å²) in [6.45, 7) is 3.25. The summed E-state index contributed by atoms with van der Waals surface area (Å²) < 4.78 is 0. The van der Waals surface area contributed by atoms with E-state index in [0.717, 1.165) is 0 Å². The lowest BCUT2D eigenvalue weighted by molar-refractivity contribution is -0.142. The van der Waals surface area contributed by atoms with Crippen molar-refractivity contribution in [2.75, 3.05) is 13.2 Å². The summed E-state index contributed by atoms with van der Waals surface area (Å²) in [5.74, 6) is -4.20. The van der Waals surface area contributed by atoms with Crippen LogP contribution in [0.5, 0.6) is 0 Å². The van der Waals surface area contributed by atoms with Crippen LogP contribution in [0.4, 0.5) is 0 Å². The van der Waals surface area contributed by atoms with Gasteiger partial charge in [0.2, 0.25) is 23.6 Å². The Labute approximate surface area is 193 Å². The summed E-state index contributed by atoms with van der Waals surface area (Å²) in [4.78, 5) is 59.8. The number of aliphatic hydroxyl groups is 1. The number of nitrogens with one attached hydrogen (secondary N) is 3. The minimum atomic E-state index is -1.40. The molecule has 4 amide bonds. The van der Waals surface area contributed by atoms with Gasteiger partial charge in [-0.05, 0) is 44.6 Å². The van der Waals surface area contributed by atoms with Crippen molar-refractivity contribution < 1.29 is 34.2 Å². The molecule has 0 heterocycles. The zero-order chi connectivity index (χ0) is 25.6. The van der Waals surface area contributed by atoms with Gasteiger partial charge in [-0.3, -0.25) is 19.2 Å². The third-order valence-electron chi connectivity index (χ3n) is 4.76. The van der Waals surface area contributed by atoms with E-state index >= 15 is 0 Å².